The van der Waals surface area contributed by atoms with E-state index in [1.54, 1.807) is 0 Å². The molecule has 0 atom stereocenters. The van der Waals surface area contributed by atoms with Gasteiger partial charge in [0.25, 0.3) is 5.56 Å². The summed E-state index contributed by atoms with van der Waals surface area (Å²) in [5, 5.41) is 0.458. The van der Waals surface area contributed by atoms with Crippen molar-refractivity contribution in [3.63, 3.8) is 0 Å². The fourth-order valence-corrected chi connectivity index (χ4v) is 3.30. The third kappa shape index (κ3) is 2.98. The minimum atomic E-state index is -0.593. The van der Waals surface area contributed by atoms with E-state index in [-0.39, 0.29) is 17.7 Å². The van der Waals surface area contributed by atoms with Gasteiger partial charge in [-0.1, -0.05) is 42.1 Å². The molecule has 1 amide bonds. The number of nitrogens with one attached hydrogen (secondary N) is 1. The number of hydrogen-bond donors (Lipinski definition) is 2. The van der Waals surface area contributed by atoms with Gasteiger partial charge in [0.2, 0.25) is 5.91 Å². The van der Waals surface area contributed by atoms with Crippen LogP contribution in [0.4, 0.5) is 0 Å². The van der Waals surface area contributed by atoms with Gasteiger partial charge in [0.15, 0.2) is 16.3 Å². The highest BCUT2D eigenvalue weighted by atomic mass is 32.2. The van der Waals surface area contributed by atoms with Gasteiger partial charge in [0.1, 0.15) is 6.54 Å². The number of thioether (sulfide) groups is 1. The molecule has 1 aromatic carbocycles. The van der Waals surface area contributed by atoms with E-state index >= 15 is 0 Å². The van der Waals surface area contributed by atoms with Crippen LogP contribution in [0.15, 0.2) is 45.1 Å². The van der Waals surface area contributed by atoms with Crippen molar-refractivity contribution in [3.8, 4) is 0 Å². The molecule has 0 aliphatic rings. The maximum absolute atomic E-state index is 12.2. The molecule has 8 nitrogen and oxygen atoms in total. The molecule has 0 bridgehead atoms. The molecule has 3 rings (SSSR count). The quantitative estimate of drug-likeness (QED) is 0.641. The number of fused-ring (bicyclic) bond motifs is 1. The van der Waals surface area contributed by atoms with Crippen LogP contribution in [0.1, 0.15) is 5.56 Å². The lowest BCUT2D eigenvalue weighted by Gasteiger charge is -2.06. The number of amides is 1. The number of primary amides is 1. The minimum Gasteiger partial charge on any atom is -0.368 e. The summed E-state index contributed by atoms with van der Waals surface area (Å²) in [4.78, 5) is 41.8. The first-order chi connectivity index (χ1) is 11.5. The minimum absolute atomic E-state index is 0.159. The Labute approximate surface area is 140 Å². The SMILES string of the molecule is Cn1c(=O)[nH]c(=O)c2c1nc(SCc1ccccc1)n2CC(N)=O. The highest BCUT2D eigenvalue weighted by Gasteiger charge is 2.18. The summed E-state index contributed by atoms with van der Waals surface area (Å²) in [6.07, 6.45) is 0. The van der Waals surface area contributed by atoms with E-state index in [1.165, 1.54) is 27.9 Å². The van der Waals surface area contributed by atoms with Crippen LogP contribution in [0.3, 0.4) is 0 Å². The monoisotopic (exact) mass is 345 g/mol. The summed E-state index contributed by atoms with van der Waals surface area (Å²) in [5.74, 6) is 0.0125. The molecule has 9 heteroatoms. The molecule has 0 unspecified atom stereocenters. The van der Waals surface area contributed by atoms with Crippen LogP contribution in [-0.4, -0.2) is 25.0 Å². The van der Waals surface area contributed by atoms with E-state index < -0.39 is 17.2 Å². The van der Waals surface area contributed by atoms with E-state index in [0.29, 0.717) is 10.9 Å². The molecule has 2 heterocycles. The van der Waals surface area contributed by atoms with Gasteiger partial charge in [-0.25, -0.2) is 9.78 Å². The topological polar surface area (TPSA) is 116 Å². The summed E-state index contributed by atoms with van der Waals surface area (Å²) in [6.45, 7) is -0.186. The third-order valence-corrected chi connectivity index (χ3v) is 4.54. The van der Waals surface area contributed by atoms with E-state index in [1.807, 2.05) is 30.3 Å². The van der Waals surface area contributed by atoms with E-state index in [4.69, 9.17) is 5.73 Å². The van der Waals surface area contributed by atoms with Gasteiger partial charge >= 0.3 is 5.69 Å². The Bertz CT molecular complexity index is 1020. The molecule has 0 aliphatic carbocycles. The van der Waals surface area contributed by atoms with E-state index in [9.17, 15) is 14.4 Å². The van der Waals surface area contributed by atoms with Gasteiger partial charge in [-0.3, -0.25) is 19.1 Å². The average molecular weight is 345 g/mol. The number of H-pyrrole nitrogens is 1. The third-order valence-electron chi connectivity index (χ3n) is 3.50. The molecular weight excluding hydrogens is 330 g/mol. The van der Waals surface area contributed by atoms with Crippen LogP contribution in [0.25, 0.3) is 11.2 Å². The molecule has 0 saturated heterocycles. The molecule has 0 radical (unpaired) electrons. The Kier molecular flexibility index (Phi) is 4.26. The lowest BCUT2D eigenvalue weighted by Crippen LogP contribution is -2.30. The number of imidazole rings is 1. The van der Waals surface area contributed by atoms with Crippen LogP contribution >= 0.6 is 11.8 Å². The number of nitrogens with two attached hydrogens (primary N) is 1. The Balaban J connectivity index is 2.10. The number of benzene rings is 1. The number of aromatic amines is 1. The fourth-order valence-electron chi connectivity index (χ4n) is 2.35. The van der Waals surface area contributed by atoms with Crippen LogP contribution in [0.5, 0.6) is 0 Å². The molecule has 124 valence electrons. The van der Waals surface area contributed by atoms with Crippen LogP contribution in [0.2, 0.25) is 0 Å². The van der Waals surface area contributed by atoms with Gasteiger partial charge in [0, 0.05) is 12.8 Å². The number of aromatic nitrogens is 4. The predicted octanol–water partition coefficient (Wildman–Crippen LogP) is 0.201. The number of rotatable bonds is 5. The van der Waals surface area contributed by atoms with Crippen molar-refractivity contribution in [3.05, 3.63) is 56.7 Å². The maximum Gasteiger partial charge on any atom is 0.329 e. The Hall–Kier alpha value is -2.81. The zero-order valence-electron chi connectivity index (χ0n) is 12.9. The molecule has 0 aliphatic heterocycles. The summed E-state index contributed by atoms with van der Waals surface area (Å²) in [7, 11) is 1.51. The van der Waals surface area contributed by atoms with Gasteiger partial charge in [-0.05, 0) is 5.56 Å². The predicted molar refractivity (Wildman–Crippen MR) is 90.8 cm³/mol. The van der Waals surface area contributed by atoms with Gasteiger partial charge in [-0.2, -0.15) is 0 Å². The second kappa shape index (κ2) is 6.36. The molecule has 3 aromatic rings. The highest BCUT2D eigenvalue weighted by Crippen LogP contribution is 2.24. The maximum atomic E-state index is 12.2. The van der Waals surface area contributed by atoms with Gasteiger partial charge in [-0.15, -0.1) is 0 Å². The molecule has 0 fully saturated rings. The molecule has 2 aromatic heterocycles. The zero-order chi connectivity index (χ0) is 17.3. The van der Waals surface area contributed by atoms with E-state index in [0.717, 1.165) is 5.56 Å². The smallest absolute Gasteiger partial charge is 0.329 e. The van der Waals surface area contributed by atoms with Crippen molar-refractivity contribution in [2.75, 3.05) is 0 Å². The lowest BCUT2D eigenvalue weighted by molar-refractivity contribution is -0.118. The first kappa shape index (κ1) is 16.1. The largest absolute Gasteiger partial charge is 0.368 e. The van der Waals surface area contributed by atoms with Crippen molar-refractivity contribution in [1.82, 2.24) is 19.1 Å². The number of nitrogens with zero attached hydrogens (tertiary/aromatic N) is 3. The number of aryl methyl sites for hydroxylation is 1. The molecule has 24 heavy (non-hydrogen) atoms. The average Bonchev–Trinajstić information content (AvgIpc) is 2.90. The van der Waals surface area contributed by atoms with Crippen molar-refractivity contribution >= 4 is 28.8 Å². The molecule has 0 saturated carbocycles. The Morgan fingerprint density at radius 2 is 2.00 bits per heavy atom. The summed E-state index contributed by atoms with van der Waals surface area (Å²) in [6, 6.07) is 9.71. The van der Waals surface area contributed by atoms with Crippen molar-refractivity contribution in [1.29, 1.82) is 0 Å². The number of carbonyl (C=O) groups excluding carboxylic acids is 1. The van der Waals surface area contributed by atoms with Crippen molar-refractivity contribution in [2.45, 2.75) is 17.5 Å². The van der Waals surface area contributed by atoms with E-state index in [2.05, 4.69) is 9.97 Å². The Morgan fingerprint density at radius 3 is 2.67 bits per heavy atom. The van der Waals surface area contributed by atoms with Crippen molar-refractivity contribution < 1.29 is 4.79 Å². The standard InChI is InChI=1S/C15H15N5O3S/c1-19-12-11(13(22)18-14(19)23)20(7-10(16)21)15(17-12)24-8-9-5-3-2-4-6-9/h2-6H,7-8H2,1H3,(H2,16,21)(H,18,22,23). The second-order valence-corrected chi connectivity index (χ2v) is 6.15. The fraction of sp³-hybridized carbons (Fsp3) is 0.200. The van der Waals surface area contributed by atoms with Crippen LogP contribution in [-0.2, 0) is 24.1 Å². The lowest BCUT2D eigenvalue weighted by atomic mass is 10.2. The second-order valence-electron chi connectivity index (χ2n) is 5.21. The first-order valence-corrected chi connectivity index (χ1v) is 8.10. The highest BCUT2D eigenvalue weighted by molar-refractivity contribution is 7.98. The summed E-state index contributed by atoms with van der Waals surface area (Å²) < 4.78 is 2.68. The molecule has 3 N–H and O–H groups in total. The van der Waals surface area contributed by atoms with Crippen molar-refractivity contribution in [2.24, 2.45) is 12.8 Å². The normalized spacial score (nSPS) is 11.0. The summed E-state index contributed by atoms with van der Waals surface area (Å²) in [5.41, 5.74) is 5.60. The number of carbonyl (C=O) groups is 1. The Morgan fingerprint density at radius 1 is 1.29 bits per heavy atom. The first-order valence-electron chi connectivity index (χ1n) is 7.12. The van der Waals surface area contributed by atoms with Crippen LogP contribution < -0.4 is 17.0 Å². The summed E-state index contributed by atoms with van der Waals surface area (Å²) >= 11 is 1.37. The van der Waals surface area contributed by atoms with Gasteiger partial charge in [0.05, 0.1) is 0 Å². The zero-order valence-corrected chi connectivity index (χ0v) is 13.7. The van der Waals surface area contributed by atoms with Gasteiger partial charge < -0.3 is 10.3 Å². The molecule has 0 spiro atoms. The molecular formula is C15H15N5O3S. The van der Waals surface area contributed by atoms with Crippen LogP contribution in [0, 0.1) is 0 Å². The number of hydrogen-bond acceptors (Lipinski definition) is 5.